The third-order valence-electron chi connectivity index (χ3n) is 3.99. The molecule has 1 N–H and O–H groups in total. The first-order valence-corrected chi connectivity index (χ1v) is 7.66. The number of hydrogen-bond donors (Lipinski definition) is 1. The van der Waals surface area contributed by atoms with Crippen LogP contribution in [0.2, 0.25) is 0 Å². The van der Waals surface area contributed by atoms with Crippen LogP contribution in [0.3, 0.4) is 0 Å². The first-order chi connectivity index (χ1) is 10.6. The largest absolute Gasteiger partial charge is 0.335 e. The van der Waals surface area contributed by atoms with E-state index in [9.17, 15) is 4.79 Å². The second-order valence-electron chi connectivity index (χ2n) is 5.81. The van der Waals surface area contributed by atoms with Crippen molar-refractivity contribution >= 4 is 5.91 Å². The van der Waals surface area contributed by atoms with Crippen LogP contribution in [-0.4, -0.2) is 35.4 Å². The van der Waals surface area contributed by atoms with Crippen LogP contribution in [0.15, 0.2) is 42.5 Å². The van der Waals surface area contributed by atoms with Gasteiger partial charge in [-0.3, -0.25) is 9.78 Å². The zero-order valence-electron chi connectivity index (χ0n) is 13.0. The van der Waals surface area contributed by atoms with Gasteiger partial charge in [-0.05, 0) is 31.5 Å². The van der Waals surface area contributed by atoms with Crippen LogP contribution in [-0.2, 0) is 0 Å². The quantitative estimate of drug-likeness (QED) is 0.926. The standard InChI is InChI=1S/C18H21N3O/c1-13-10-16(11-14(2)20-13)18(22)21-9-8-19-17(12-21)15-6-4-3-5-7-15/h3-7,10-11,17,19H,8-9,12H2,1-2H3/t17-/m0/s1. The number of nitrogens with one attached hydrogen (secondary N) is 1. The van der Waals surface area contributed by atoms with E-state index >= 15 is 0 Å². The Morgan fingerprint density at radius 1 is 1.18 bits per heavy atom. The number of rotatable bonds is 2. The summed E-state index contributed by atoms with van der Waals surface area (Å²) in [6, 6.07) is 14.2. The molecule has 1 aliphatic heterocycles. The van der Waals surface area contributed by atoms with Crippen molar-refractivity contribution in [1.82, 2.24) is 15.2 Å². The SMILES string of the molecule is Cc1cc(C(=O)N2CCN[C@H](c3ccccc3)C2)cc(C)n1. The monoisotopic (exact) mass is 295 g/mol. The second-order valence-corrected chi connectivity index (χ2v) is 5.81. The highest BCUT2D eigenvalue weighted by Gasteiger charge is 2.25. The summed E-state index contributed by atoms with van der Waals surface area (Å²) in [5.41, 5.74) is 3.73. The predicted octanol–water partition coefficient (Wildman–Crippen LogP) is 2.49. The van der Waals surface area contributed by atoms with Gasteiger partial charge in [-0.15, -0.1) is 0 Å². The molecule has 1 aromatic carbocycles. The molecule has 1 fully saturated rings. The lowest BCUT2D eigenvalue weighted by Gasteiger charge is -2.34. The van der Waals surface area contributed by atoms with E-state index < -0.39 is 0 Å². The minimum atomic E-state index is 0.0935. The van der Waals surface area contributed by atoms with Crippen LogP contribution in [0.5, 0.6) is 0 Å². The number of carbonyl (C=O) groups is 1. The smallest absolute Gasteiger partial charge is 0.254 e. The van der Waals surface area contributed by atoms with Gasteiger partial charge in [-0.1, -0.05) is 30.3 Å². The van der Waals surface area contributed by atoms with Crippen LogP contribution in [0.1, 0.15) is 33.4 Å². The maximum absolute atomic E-state index is 12.8. The van der Waals surface area contributed by atoms with E-state index in [1.54, 1.807) is 0 Å². The van der Waals surface area contributed by atoms with E-state index in [2.05, 4.69) is 22.4 Å². The Balaban J connectivity index is 1.78. The minimum Gasteiger partial charge on any atom is -0.335 e. The molecule has 4 heteroatoms. The Morgan fingerprint density at radius 2 is 1.86 bits per heavy atom. The van der Waals surface area contributed by atoms with E-state index in [0.717, 1.165) is 30.0 Å². The lowest BCUT2D eigenvalue weighted by atomic mass is 10.0. The van der Waals surface area contributed by atoms with E-state index in [-0.39, 0.29) is 11.9 Å². The van der Waals surface area contributed by atoms with Gasteiger partial charge >= 0.3 is 0 Å². The van der Waals surface area contributed by atoms with E-state index in [0.29, 0.717) is 6.54 Å². The lowest BCUT2D eigenvalue weighted by Crippen LogP contribution is -2.48. The number of hydrogen-bond acceptors (Lipinski definition) is 3. The summed E-state index contributed by atoms with van der Waals surface area (Å²) in [5, 5.41) is 3.49. The first-order valence-electron chi connectivity index (χ1n) is 7.66. The van der Waals surface area contributed by atoms with Crippen LogP contribution >= 0.6 is 0 Å². The van der Waals surface area contributed by atoms with Gasteiger partial charge in [0, 0.05) is 42.6 Å². The molecule has 0 aliphatic carbocycles. The molecule has 0 radical (unpaired) electrons. The van der Waals surface area contributed by atoms with Crippen LogP contribution < -0.4 is 5.32 Å². The van der Waals surface area contributed by atoms with Crippen molar-refractivity contribution in [2.24, 2.45) is 0 Å². The van der Waals surface area contributed by atoms with Crippen LogP contribution in [0.25, 0.3) is 0 Å². The summed E-state index contributed by atoms with van der Waals surface area (Å²) < 4.78 is 0. The molecule has 1 aromatic heterocycles. The summed E-state index contributed by atoms with van der Waals surface area (Å²) in [5.74, 6) is 0.0935. The Bertz CT molecular complexity index is 649. The Hall–Kier alpha value is -2.20. The highest BCUT2D eigenvalue weighted by Crippen LogP contribution is 2.19. The third-order valence-corrected chi connectivity index (χ3v) is 3.99. The Kier molecular flexibility index (Phi) is 4.20. The molecular weight excluding hydrogens is 274 g/mol. The van der Waals surface area contributed by atoms with E-state index in [1.807, 2.05) is 49.1 Å². The molecule has 3 rings (SSSR count). The van der Waals surface area contributed by atoms with E-state index in [1.165, 1.54) is 5.56 Å². The van der Waals surface area contributed by atoms with Gasteiger partial charge in [0.2, 0.25) is 0 Å². The molecule has 0 unspecified atom stereocenters. The molecule has 1 amide bonds. The average Bonchev–Trinajstić information content (AvgIpc) is 2.54. The van der Waals surface area contributed by atoms with Gasteiger partial charge in [0.1, 0.15) is 0 Å². The number of aromatic nitrogens is 1. The molecule has 2 heterocycles. The number of nitrogens with zero attached hydrogens (tertiary/aromatic N) is 2. The molecule has 0 spiro atoms. The van der Waals surface area contributed by atoms with Crippen molar-refractivity contribution in [3.05, 3.63) is 65.0 Å². The number of aryl methyl sites for hydroxylation is 2. The number of carbonyl (C=O) groups excluding carboxylic acids is 1. The first kappa shape index (κ1) is 14.7. The summed E-state index contributed by atoms with van der Waals surface area (Å²) in [4.78, 5) is 19.0. The highest BCUT2D eigenvalue weighted by molar-refractivity contribution is 5.94. The zero-order chi connectivity index (χ0) is 15.5. The molecule has 0 saturated carbocycles. The van der Waals surface area contributed by atoms with Crippen LogP contribution in [0, 0.1) is 13.8 Å². The third kappa shape index (κ3) is 3.17. The van der Waals surface area contributed by atoms with Gasteiger partial charge in [0.15, 0.2) is 0 Å². The van der Waals surface area contributed by atoms with Crippen molar-refractivity contribution < 1.29 is 4.79 Å². The summed E-state index contributed by atoms with van der Waals surface area (Å²) >= 11 is 0. The van der Waals surface area contributed by atoms with Gasteiger partial charge < -0.3 is 10.2 Å². The number of piperazine rings is 1. The number of benzene rings is 1. The number of pyridine rings is 1. The van der Waals surface area contributed by atoms with Crippen molar-refractivity contribution in [3.63, 3.8) is 0 Å². The molecule has 1 atom stereocenters. The van der Waals surface area contributed by atoms with Crippen molar-refractivity contribution in [2.45, 2.75) is 19.9 Å². The molecular formula is C18H21N3O. The molecule has 2 aromatic rings. The van der Waals surface area contributed by atoms with Crippen LogP contribution in [0.4, 0.5) is 0 Å². The molecule has 1 aliphatic rings. The average molecular weight is 295 g/mol. The fourth-order valence-corrected chi connectivity index (χ4v) is 2.98. The fourth-order valence-electron chi connectivity index (χ4n) is 2.98. The summed E-state index contributed by atoms with van der Waals surface area (Å²) in [6.07, 6.45) is 0. The summed E-state index contributed by atoms with van der Waals surface area (Å²) in [7, 11) is 0. The maximum atomic E-state index is 12.8. The zero-order valence-corrected chi connectivity index (χ0v) is 13.0. The van der Waals surface area contributed by atoms with Gasteiger partial charge in [-0.25, -0.2) is 0 Å². The molecule has 1 saturated heterocycles. The lowest BCUT2D eigenvalue weighted by molar-refractivity contribution is 0.0702. The van der Waals surface area contributed by atoms with Gasteiger partial charge in [0.25, 0.3) is 5.91 Å². The van der Waals surface area contributed by atoms with Gasteiger partial charge in [-0.2, -0.15) is 0 Å². The topological polar surface area (TPSA) is 45.2 Å². The second kappa shape index (κ2) is 6.28. The van der Waals surface area contributed by atoms with Crippen molar-refractivity contribution in [1.29, 1.82) is 0 Å². The normalized spacial score (nSPS) is 18.3. The fraction of sp³-hybridized carbons (Fsp3) is 0.333. The predicted molar refractivity (Wildman–Crippen MR) is 86.8 cm³/mol. The maximum Gasteiger partial charge on any atom is 0.254 e. The Labute approximate surface area is 131 Å². The number of amides is 1. The molecule has 4 nitrogen and oxygen atoms in total. The Morgan fingerprint density at radius 3 is 2.55 bits per heavy atom. The van der Waals surface area contributed by atoms with Gasteiger partial charge in [0.05, 0.1) is 0 Å². The van der Waals surface area contributed by atoms with Crippen molar-refractivity contribution in [3.8, 4) is 0 Å². The minimum absolute atomic E-state index is 0.0935. The molecule has 0 bridgehead atoms. The summed E-state index contributed by atoms with van der Waals surface area (Å²) in [6.45, 7) is 6.10. The van der Waals surface area contributed by atoms with Crippen molar-refractivity contribution in [2.75, 3.05) is 19.6 Å². The molecule has 22 heavy (non-hydrogen) atoms. The highest BCUT2D eigenvalue weighted by atomic mass is 16.2. The molecule has 114 valence electrons. The van der Waals surface area contributed by atoms with E-state index in [4.69, 9.17) is 0 Å².